The van der Waals surface area contributed by atoms with E-state index in [1.165, 1.54) is 0 Å². The fraction of sp³-hybridized carbons (Fsp3) is 0.300. The summed E-state index contributed by atoms with van der Waals surface area (Å²) in [7, 11) is 0. The number of benzene rings is 1. The highest BCUT2D eigenvalue weighted by Crippen LogP contribution is 2.24. The number of fused-ring (bicyclic) bond motifs is 1. The minimum atomic E-state index is -0.00351. The van der Waals surface area contributed by atoms with Crippen LogP contribution in [0.1, 0.15) is 27.1 Å². The van der Waals surface area contributed by atoms with Crippen LogP contribution in [-0.4, -0.2) is 60.2 Å². The van der Waals surface area contributed by atoms with Crippen molar-refractivity contribution in [2.45, 2.75) is 6.42 Å². The zero-order valence-electron chi connectivity index (χ0n) is 14.8. The van der Waals surface area contributed by atoms with Crippen molar-refractivity contribution in [1.82, 2.24) is 9.88 Å². The van der Waals surface area contributed by atoms with Crippen LogP contribution >= 0.6 is 0 Å². The molecule has 7 heteroatoms. The second kappa shape index (κ2) is 7.67. The first-order valence-electron chi connectivity index (χ1n) is 8.84. The molecule has 1 aromatic carbocycles. The summed E-state index contributed by atoms with van der Waals surface area (Å²) < 4.78 is 11.0. The molecule has 0 spiro atoms. The Hall–Kier alpha value is -3.06. The quantitative estimate of drug-likeness (QED) is 0.830. The topological polar surface area (TPSA) is 81.1 Å². The van der Waals surface area contributed by atoms with Gasteiger partial charge in [0.15, 0.2) is 5.78 Å². The molecule has 4 rings (SSSR count). The number of carbonyl (C=O) groups excluding carboxylic acids is 2. The van der Waals surface area contributed by atoms with Gasteiger partial charge >= 0.3 is 0 Å². The van der Waals surface area contributed by atoms with E-state index >= 15 is 0 Å². The minimum absolute atomic E-state index is 0.00351. The van der Waals surface area contributed by atoms with Gasteiger partial charge < -0.3 is 14.4 Å². The number of carbonyl (C=O) groups is 2. The molecule has 2 aromatic rings. The lowest BCUT2D eigenvalue weighted by atomic mass is 10.0. The zero-order chi connectivity index (χ0) is 18.6. The van der Waals surface area contributed by atoms with E-state index in [9.17, 15) is 9.59 Å². The average molecular weight is 365 g/mol. The number of nitrogens with zero attached hydrogens (tertiary/aromatic N) is 3. The highest BCUT2D eigenvalue weighted by Gasteiger charge is 2.21. The van der Waals surface area contributed by atoms with Gasteiger partial charge in [-0.25, -0.2) is 0 Å². The third-order valence-electron chi connectivity index (χ3n) is 4.55. The molecule has 3 heterocycles. The Labute approximate surface area is 156 Å². The number of amides is 1. The van der Waals surface area contributed by atoms with Crippen LogP contribution in [-0.2, 0) is 4.74 Å². The molecule has 1 amide bonds. The van der Waals surface area contributed by atoms with Gasteiger partial charge in [-0.1, -0.05) is 0 Å². The van der Waals surface area contributed by atoms with Crippen LogP contribution in [0.2, 0.25) is 0 Å². The van der Waals surface area contributed by atoms with Crippen molar-refractivity contribution in [2.24, 2.45) is 4.99 Å². The van der Waals surface area contributed by atoms with Crippen molar-refractivity contribution < 1.29 is 19.1 Å². The SMILES string of the molecule is O=C1CC(COc2ccc(C(=O)N3CCOCC3)cc2)=Nc2cnccc21. The molecule has 2 aliphatic rings. The summed E-state index contributed by atoms with van der Waals surface area (Å²) in [5, 5.41) is 0. The monoisotopic (exact) mass is 365 g/mol. The molecule has 0 bridgehead atoms. The Morgan fingerprint density at radius 1 is 1.15 bits per heavy atom. The van der Waals surface area contributed by atoms with E-state index in [2.05, 4.69) is 9.98 Å². The molecule has 0 aliphatic carbocycles. The van der Waals surface area contributed by atoms with Gasteiger partial charge in [0.25, 0.3) is 5.91 Å². The number of Topliss-reactive ketones (excluding diaryl/α,β-unsaturated/α-hetero) is 1. The van der Waals surface area contributed by atoms with Crippen molar-refractivity contribution in [3.63, 3.8) is 0 Å². The molecule has 138 valence electrons. The maximum Gasteiger partial charge on any atom is 0.254 e. The van der Waals surface area contributed by atoms with Gasteiger partial charge in [0.05, 0.1) is 37.2 Å². The molecule has 0 atom stereocenters. The van der Waals surface area contributed by atoms with E-state index in [0.717, 1.165) is 0 Å². The summed E-state index contributed by atoms with van der Waals surface area (Å²) in [6, 6.07) is 8.70. The Morgan fingerprint density at radius 2 is 1.93 bits per heavy atom. The molecule has 7 nitrogen and oxygen atoms in total. The van der Waals surface area contributed by atoms with Crippen LogP contribution in [0.3, 0.4) is 0 Å². The van der Waals surface area contributed by atoms with E-state index in [1.807, 2.05) is 0 Å². The predicted molar refractivity (Wildman–Crippen MR) is 98.9 cm³/mol. The van der Waals surface area contributed by atoms with Crippen molar-refractivity contribution >= 4 is 23.1 Å². The van der Waals surface area contributed by atoms with Gasteiger partial charge in [-0.05, 0) is 30.3 Å². The van der Waals surface area contributed by atoms with Gasteiger partial charge in [-0.15, -0.1) is 0 Å². The van der Waals surface area contributed by atoms with Crippen molar-refractivity contribution in [3.8, 4) is 5.75 Å². The zero-order valence-corrected chi connectivity index (χ0v) is 14.8. The second-order valence-corrected chi connectivity index (χ2v) is 6.39. The normalized spacial score (nSPS) is 16.5. The first-order chi connectivity index (χ1) is 13.2. The number of morpholine rings is 1. The molecule has 0 saturated carbocycles. The van der Waals surface area contributed by atoms with Crippen molar-refractivity contribution in [2.75, 3.05) is 32.9 Å². The number of aromatic nitrogens is 1. The molecular weight excluding hydrogens is 346 g/mol. The fourth-order valence-corrected chi connectivity index (χ4v) is 3.09. The van der Waals surface area contributed by atoms with E-state index in [4.69, 9.17) is 9.47 Å². The van der Waals surface area contributed by atoms with Crippen LogP contribution in [0.5, 0.6) is 5.75 Å². The Balaban J connectivity index is 1.39. The summed E-state index contributed by atoms with van der Waals surface area (Å²) in [5.74, 6) is 0.643. The van der Waals surface area contributed by atoms with Crippen molar-refractivity contribution in [3.05, 3.63) is 53.9 Å². The molecule has 0 radical (unpaired) electrons. The summed E-state index contributed by atoms with van der Waals surface area (Å²) in [6.07, 6.45) is 3.41. The maximum absolute atomic E-state index is 12.4. The fourth-order valence-electron chi connectivity index (χ4n) is 3.09. The summed E-state index contributed by atoms with van der Waals surface area (Å²) in [6.45, 7) is 2.60. The average Bonchev–Trinajstić information content (AvgIpc) is 2.73. The molecule has 27 heavy (non-hydrogen) atoms. The van der Waals surface area contributed by atoms with E-state index in [-0.39, 0.29) is 24.7 Å². The minimum Gasteiger partial charge on any atom is -0.488 e. The number of aliphatic imine (C=N–C) groups is 1. The van der Waals surface area contributed by atoms with Gasteiger partial charge in [0, 0.05) is 30.4 Å². The highest BCUT2D eigenvalue weighted by molar-refractivity contribution is 6.16. The second-order valence-electron chi connectivity index (χ2n) is 6.39. The Morgan fingerprint density at radius 3 is 2.70 bits per heavy atom. The van der Waals surface area contributed by atoms with Crippen LogP contribution in [0.25, 0.3) is 0 Å². The van der Waals surface area contributed by atoms with Gasteiger partial charge in [-0.3, -0.25) is 19.6 Å². The third-order valence-corrected chi connectivity index (χ3v) is 4.55. The number of hydrogen-bond donors (Lipinski definition) is 0. The van der Waals surface area contributed by atoms with Crippen LogP contribution < -0.4 is 4.74 Å². The lowest BCUT2D eigenvalue weighted by Gasteiger charge is -2.26. The lowest BCUT2D eigenvalue weighted by molar-refractivity contribution is 0.0303. The third kappa shape index (κ3) is 3.88. The smallest absolute Gasteiger partial charge is 0.254 e. The maximum atomic E-state index is 12.4. The summed E-state index contributed by atoms with van der Waals surface area (Å²) >= 11 is 0. The summed E-state index contributed by atoms with van der Waals surface area (Å²) in [4.78, 5) is 34.8. The van der Waals surface area contributed by atoms with Gasteiger partial charge in [0.2, 0.25) is 0 Å². The Kier molecular flexibility index (Phi) is 4.93. The number of hydrogen-bond acceptors (Lipinski definition) is 6. The number of ketones is 1. The highest BCUT2D eigenvalue weighted by atomic mass is 16.5. The molecule has 0 N–H and O–H groups in total. The lowest BCUT2D eigenvalue weighted by Crippen LogP contribution is -2.40. The summed E-state index contributed by atoms with van der Waals surface area (Å²) in [5.41, 5.74) is 2.46. The molecule has 1 saturated heterocycles. The van der Waals surface area contributed by atoms with E-state index in [1.54, 1.807) is 47.6 Å². The first kappa shape index (κ1) is 17.4. The van der Waals surface area contributed by atoms with Crippen LogP contribution in [0.15, 0.2) is 47.7 Å². The number of pyridine rings is 1. The molecule has 1 fully saturated rings. The number of ether oxygens (including phenoxy) is 2. The van der Waals surface area contributed by atoms with Crippen molar-refractivity contribution in [1.29, 1.82) is 0 Å². The van der Waals surface area contributed by atoms with Gasteiger partial charge in [0.1, 0.15) is 12.4 Å². The molecule has 1 aromatic heterocycles. The van der Waals surface area contributed by atoms with Crippen LogP contribution in [0, 0.1) is 0 Å². The Bertz CT molecular complexity index is 886. The molecule has 2 aliphatic heterocycles. The van der Waals surface area contributed by atoms with E-state index in [0.29, 0.717) is 54.6 Å². The predicted octanol–water partition coefficient (Wildman–Crippen LogP) is 2.29. The standard InChI is InChI=1S/C20H19N3O4/c24-19-11-15(22-18-12-21-6-5-17(18)19)13-27-16-3-1-14(2-4-16)20(25)23-7-9-26-10-8-23/h1-6,12H,7-11,13H2. The molecule has 0 unspecified atom stereocenters. The first-order valence-corrected chi connectivity index (χ1v) is 8.84. The van der Waals surface area contributed by atoms with Crippen LogP contribution in [0.4, 0.5) is 5.69 Å². The largest absolute Gasteiger partial charge is 0.488 e. The van der Waals surface area contributed by atoms with Gasteiger partial charge in [-0.2, -0.15) is 0 Å². The number of rotatable bonds is 4. The molecular formula is C20H19N3O4. The van der Waals surface area contributed by atoms with E-state index < -0.39 is 0 Å².